The lowest BCUT2D eigenvalue weighted by molar-refractivity contribution is 0.793. The van der Waals surface area contributed by atoms with Crippen LogP contribution in [0.15, 0.2) is 46.8 Å². The summed E-state index contributed by atoms with van der Waals surface area (Å²) in [6, 6.07) is 8.29. The van der Waals surface area contributed by atoms with Crippen molar-refractivity contribution in [1.82, 2.24) is 18.7 Å². The first kappa shape index (κ1) is 15.0. The fraction of sp³-hybridized carbons (Fsp3) is 0.222. The maximum Gasteiger partial charge on any atom is 0.328 e. The second kappa shape index (κ2) is 5.49. The van der Waals surface area contributed by atoms with E-state index in [1.54, 1.807) is 27.5 Å². The van der Waals surface area contributed by atoms with Gasteiger partial charge in [0.2, 0.25) is 0 Å². The largest absolute Gasteiger partial charge is 0.328 e. The highest BCUT2D eigenvalue weighted by Crippen LogP contribution is 2.28. The van der Waals surface area contributed by atoms with Crippen LogP contribution in [0.2, 0.25) is 0 Å². The van der Waals surface area contributed by atoms with Gasteiger partial charge in [0.15, 0.2) is 5.82 Å². The summed E-state index contributed by atoms with van der Waals surface area (Å²) in [7, 11) is 3.62. The van der Waals surface area contributed by atoms with Crippen molar-refractivity contribution in [1.29, 1.82) is 0 Å². The molecular weight excluding hydrogens is 320 g/mol. The lowest BCUT2D eigenvalue weighted by atomic mass is 10.2. The molecule has 3 heterocycles. The zero-order chi connectivity index (χ0) is 16.8. The van der Waals surface area contributed by atoms with E-state index in [2.05, 4.69) is 40.1 Å². The number of aromatic nitrogens is 4. The number of hydrogen-bond donors (Lipinski definition) is 0. The van der Waals surface area contributed by atoms with Gasteiger partial charge in [0.25, 0.3) is 0 Å². The Kier molecular flexibility index (Phi) is 3.42. The number of hydrogen-bond acceptors (Lipinski definition) is 3. The Hall–Kier alpha value is -2.60. The Labute approximate surface area is 143 Å². The van der Waals surface area contributed by atoms with Crippen molar-refractivity contribution in [3.8, 4) is 10.7 Å². The second-order valence-corrected chi connectivity index (χ2v) is 6.95. The van der Waals surface area contributed by atoms with Gasteiger partial charge in [-0.1, -0.05) is 6.07 Å². The quantitative estimate of drug-likeness (QED) is 0.576. The number of thiophene rings is 1. The number of fused-ring (bicyclic) bond motifs is 1. The molecule has 3 aromatic heterocycles. The predicted octanol–water partition coefficient (Wildman–Crippen LogP) is 3.16. The molecule has 0 saturated carbocycles. The van der Waals surface area contributed by atoms with Gasteiger partial charge in [0.05, 0.1) is 15.9 Å². The van der Waals surface area contributed by atoms with Crippen molar-refractivity contribution >= 4 is 22.4 Å². The Morgan fingerprint density at radius 1 is 1.12 bits per heavy atom. The standard InChI is InChI=1S/C18H18N4OS/c1-12-6-9-24-16(12)17-19-7-8-22(17)11-13-4-5-14-15(10-13)21(3)18(23)20(14)2/h4-10H,11H2,1-3H3. The van der Waals surface area contributed by atoms with Crippen molar-refractivity contribution in [2.24, 2.45) is 14.1 Å². The molecule has 0 amide bonds. The summed E-state index contributed by atoms with van der Waals surface area (Å²) < 4.78 is 5.52. The highest BCUT2D eigenvalue weighted by Gasteiger charge is 2.12. The summed E-state index contributed by atoms with van der Waals surface area (Å²) in [4.78, 5) is 17.8. The first-order chi connectivity index (χ1) is 11.6. The van der Waals surface area contributed by atoms with E-state index in [-0.39, 0.29) is 5.69 Å². The van der Waals surface area contributed by atoms with E-state index in [0.29, 0.717) is 0 Å². The first-order valence-electron chi connectivity index (χ1n) is 7.76. The molecule has 0 unspecified atom stereocenters. The van der Waals surface area contributed by atoms with Gasteiger partial charge in [0, 0.05) is 33.0 Å². The van der Waals surface area contributed by atoms with Crippen molar-refractivity contribution < 1.29 is 0 Å². The molecule has 24 heavy (non-hydrogen) atoms. The molecule has 0 fully saturated rings. The van der Waals surface area contributed by atoms with E-state index in [4.69, 9.17) is 0 Å². The molecule has 0 aliphatic carbocycles. The molecule has 122 valence electrons. The van der Waals surface area contributed by atoms with Gasteiger partial charge >= 0.3 is 5.69 Å². The van der Waals surface area contributed by atoms with Crippen LogP contribution >= 0.6 is 11.3 Å². The van der Waals surface area contributed by atoms with Crippen LogP contribution in [0.4, 0.5) is 0 Å². The number of aryl methyl sites for hydroxylation is 3. The van der Waals surface area contributed by atoms with Crippen molar-refractivity contribution in [2.75, 3.05) is 0 Å². The molecule has 5 nitrogen and oxygen atoms in total. The van der Waals surface area contributed by atoms with E-state index < -0.39 is 0 Å². The molecular formula is C18H18N4OS. The van der Waals surface area contributed by atoms with Crippen LogP contribution < -0.4 is 5.69 Å². The third-order valence-electron chi connectivity index (χ3n) is 4.47. The molecule has 0 N–H and O–H groups in total. The highest BCUT2D eigenvalue weighted by molar-refractivity contribution is 7.13. The minimum Gasteiger partial charge on any atom is -0.326 e. The summed E-state index contributed by atoms with van der Waals surface area (Å²) in [6.45, 7) is 2.84. The molecule has 0 saturated heterocycles. The van der Waals surface area contributed by atoms with Gasteiger partial charge in [-0.15, -0.1) is 11.3 Å². The van der Waals surface area contributed by atoms with E-state index in [1.165, 1.54) is 10.4 Å². The van der Waals surface area contributed by atoms with Crippen molar-refractivity contribution in [2.45, 2.75) is 13.5 Å². The maximum atomic E-state index is 12.1. The molecule has 0 bridgehead atoms. The third-order valence-corrected chi connectivity index (χ3v) is 5.48. The summed E-state index contributed by atoms with van der Waals surface area (Å²) in [5, 5.41) is 2.09. The van der Waals surface area contributed by atoms with E-state index in [0.717, 1.165) is 29.0 Å². The Bertz CT molecular complexity index is 1100. The molecule has 0 atom stereocenters. The molecule has 4 rings (SSSR count). The second-order valence-electron chi connectivity index (χ2n) is 6.04. The average molecular weight is 338 g/mol. The van der Waals surface area contributed by atoms with Gasteiger partial charge in [0.1, 0.15) is 0 Å². The lowest BCUT2D eigenvalue weighted by Gasteiger charge is -2.08. The summed E-state index contributed by atoms with van der Waals surface area (Å²) in [6.07, 6.45) is 3.84. The van der Waals surface area contributed by atoms with Crippen LogP contribution in [-0.4, -0.2) is 18.7 Å². The van der Waals surface area contributed by atoms with E-state index in [9.17, 15) is 4.79 Å². The fourth-order valence-corrected chi connectivity index (χ4v) is 4.03. The molecule has 4 aromatic rings. The smallest absolute Gasteiger partial charge is 0.326 e. The van der Waals surface area contributed by atoms with Gasteiger partial charge in [-0.25, -0.2) is 9.78 Å². The minimum atomic E-state index is -0.000296. The molecule has 0 spiro atoms. The zero-order valence-electron chi connectivity index (χ0n) is 13.9. The third kappa shape index (κ3) is 2.22. The Balaban J connectivity index is 1.76. The molecule has 0 aliphatic heterocycles. The van der Waals surface area contributed by atoms with Crippen molar-refractivity contribution in [3.05, 3.63) is 63.7 Å². The van der Waals surface area contributed by atoms with Gasteiger partial charge in [-0.2, -0.15) is 0 Å². The summed E-state index contributed by atoms with van der Waals surface area (Å²) in [5.74, 6) is 0.990. The first-order valence-corrected chi connectivity index (χ1v) is 8.64. The Morgan fingerprint density at radius 2 is 1.92 bits per heavy atom. The highest BCUT2D eigenvalue weighted by atomic mass is 32.1. The summed E-state index contributed by atoms with van der Waals surface area (Å²) in [5.41, 5.74) is 4.30. The van der Waals surface area contributed by atoms with E-state index in [1.807, 2.05) is 25.5 Å². The molecule has 6 heteroatoms. The fourth-order valence-electron chi connectivity index (χ4n) is 3.10. The van der Waals surface area contributed by atoms with Gasteiger partial charge in [-0.05, 0) is 41.6 Å². The van der Waals surface area contributed by atoms with Crippen LogP contribution in [0.1, 0.15) is 11.1 Å². The van der Waals surface area contributed by atoms with Crippen LogP contribution in [0, 0.1) is 6.92 Å². The topological polar surface area (TPSA) is 44.8 Å². The number of imidazole rings is 2. The normalized spacial score (nSPS) is 11.5. The van der Waals surface area contributed by atoms with Gasteiger partial charge in [-0.3, -0.25) is 9.13 Å². The number of rotatable bonds is 3. The molecule has 0 radical (unpaired) electrons. The monoisotopic (exact) mass is 338 g/mol. The SMILES string of the molecule is Cc1ccsc1-c1nccn1Cc1ccc2c(c1)n(C)c(=O)n2C. The maximum absolute atomic E-state index is 12.1. The predicted molar refractivity (Wildman–Crippen MR) is 97.5 cm³/mol. The molecule has 0 aliphatic rings. The van der Waals surface area contributed by atoms with Gasteiger partial charge < -0.3 is 4.57 Å². The number of nitrogens with zero attached hydrogens (tertiary/aromatic N) is 4. The van der Waals surface area contributed by atoms with Crippen LogP contribution in [0.25, 0.3) is 21.7 Å². The summed E-state index contributed by atoms with van der Waals surface area (Å²) >= 11 is 1.71. The minimum absolute atomic E-state index is 0.000296. The zero-order valence-corrected chi connectivity index (χ0v) is 14.7. The molecule has 1 aromatic carbocycles. The van der Waals surface area contributed by atoms with Crippen LogP contribution in [0.3, 0.4) is 0 Å². The lowest BCUT2D eigenvalue weighted by Crippen LogP contribution is -2.19. The number of benzene rings is 1. The van der Waals surface area contributed by atoms with Crippen molar-refractivity contribution in [3.63, 3.8) is 0 Å². The van der Waals surface area contributed by atoms with Crippen LogP contribution in [0.5, 0.6) is 0 Å². The average Bonchev–Trinajstić information content (AvgIpc) is 3.25. The van der Waals surface area contributed by atoms with Crippen LogP contribution in [-0.2, 0) is 20.6 Å². The Morgan fingerprint density at radius 3 is 2.67 bits per heavy atom. The van der Waals surface area contributed by atoms with E-state index >= 15 is 0 Å².